The molecule has 0 saturated heterocycles. The maximum atomic E-state index is 12.4. The van der Waals surface area contributed by atoms with Gasteiger partial charge in [0.2, 0.25) is 0 Å². The highest BCUT2D eigenvalue weighted by molar-refractivity contribution is 9.10. The fourth-order valence-corrected chi connectivity index (χ4v) is 4.52. The lowest BCUT2D eigenvalue weighted by Gasteiger charge is -2.28. The Kier molecular flexibility index (Phi) is 11.0. The number of esters is 1. The summed E-state index contributed by atoms with van der Waals surface area (Å²) in [6.07, 6.45) is 0.445. The lowest BCUT2D eigenvalue weighted by molar-refractivity contribution is -0.136. The smallest absolute Gasteiger partial charge is 0.337 e. The number of aliphatic hydroxyl groups excluding tert-OH is 1. The second-order valence-corrected chi connectivity index (χ2v) is 10.3. The number of hydrogen-bond acceptors (Lipinski definition) is 9. The molecule has 11 nitrogen and oxygen atoms in total. The summed E-state index contributed by atoms with van der Waals surface area (Å²) in [6.45, 7) is 4.09. The van der Waals surface area contributed by atoms with E-state index >= 15 is 0 Å². The first-order valence-corrected chi connectivity index (χ1v) is 14.3. The summed E-state index contributed by atoms with van der Waals surface area (Å²) in [7, 11) is 1.28. The van der Waals surface area contributed by atoms with Gasteiger partial charge in [0, 0.05) is 10.2 Å². The van der Waals surface area contributed by atoms with Crippen molar-refractivity contribution in [3.05, 3.63) is 99.2 Å². The fraction of sp³-hybridized carbons (Fsp3) is 0.258. The van der Waals surface area contributed by atoms with Crippen LogP contribution in [0.15, 0.2) is 87.6 Å². The van der Waals surface area contributed by atoms with Crippen molar-refractivity contribution in [2.45, 2.75) is 32.7 Å². The third kappa shape index (κ3) is 8.72. The van der Waals surface area contributed by atoms with Gasteiger partial charge in [-0.2, -0.15) is 5.10 Å². The van der Waals surface area contributed by atoms with Crippen LogP contribution in [0, 0.1) is 0 Å². The molecule has 1 aliphatic rings. The number of nitrogens with one attached hydrogen (secondary N) is 3. The predicted molar refractivity (Wildman–Crippen MR) is 164 cm³/mol. The first-order chi connectivity index (χ1) is 20.8. The molecule has 1 heterocycles. The van der Waals surface area contributed by atoms with E-state index in [0.29, 0.717) is 41.7 Å². The first-order valence-electron chi connectivity index (χ1n) is 13.5. The zero-order valence-electron chi connectivity index (χ0n) is 23.9. The van der Waals surface area contributed by atoms with Crippen LogP contribution < -0.4 is 30.3 Å². The molecule has 0 aliphatic carbocycles. The minimum Gasteiger partial charge on any atom is -0.490 e. The molecule has 2 atom stereocenters. The average molecular weight is 654 g/mol. The number of hydrogen-bond donors (Lipinski definition) is 4. The number of urea groups is 1. The van der Waals surface area contributed by atoms with Crippen LogP contribution in [0.5, 0.6) is 17.2 Å². The maximum Gasteiger partial charge on any atom is 0.337 e. The predicted octanol–water partition coefficient (Wildman–Crippen LogP) is 4.55. The third-order valence-corrected chi connectivity index (χ3v) is 6.81. The number of carbonyl (C=O) groups is 2. The molecule has 3 aromatic rings. The number of halogens is 1. The number of methoxy groups -OCH3 is 1. The molecule has 3 aromatic carbocycles. The van der Waals surface area contributed by atoms with E-state index in [4.69, 9.17) is 18.9 Å². The summed E-state index contributed by atoms with van der Waals surface area (Å²) in [4.78, 5) is 24.6. The van der Waals surface area contributed by atoms with E-state index in [1.807, 2.05) is 55.5 Å². The van der Waals surface area contributed by atoms with E-state index < -0.39 is 24.3 Å². The minimum absolute atomic E-state index is 0.135. The Bertz CT molecular complexity index is 1490. The summed E-state index contributed by atoms with van der Waals surface area (Å²) in [5, 5.41) is 19.8. The molecule has 0 fully saturated rings. The highest BCUT2D eigenvalue weighted by atomic mass is 79.9. The van der Waals surface area contributed by atoms with Crippen molar-refractivity contribution in [3.63, 3.8) is 0 Å². The number of aliphatic hydroxyl groups is 1. The Balaban J connectivity index is 1.35. The van der Waals surface area contributed by atoms with E-state index in [9.17, 15) is 14.7 Å². The lowest BCUT2D eigenvalue weighted by atomic mass is 9.95. The Hall–Kier alpha value is -4.55. The van der Waals surface area contributed by atoms with Crippen LogP contribution in [0.3, 0.4) is 0 Å². The number of rotatable bonds is 13. The van der Waals surface area contributed by atoms with E-state index in [1.54, 1.807) is 31.3 Å². The summed E-state index contributed by atoms with van der Waals surface area (Å²) < 4.78 is 23.3. The molecule has 0 saturated carbocycles. The van der Waals surface area contributed by atoms with Gasteiger partial charge in [0.1, 0.15) is 19.0 Å². The molecule has 4 rings (SSSR count). The van der Waals surface area contributed by atoms with Crippen LogP contribution in [0.25, 0.3) is 0 Å². The third-order valence-electron chi connectivity index (χ3n) is 6.29. The van der Waals surface area contributed by atoms with Gasteiger partial charge in [0.05, 0.1) is 31.5 Å². The van der Waals surface area contributed by atoms with E-state index in [1.165, 1.54) is 7.11 Å². The van der Waals surface area contributed by atoms with Gasteiger partial charge in [0.25, 0.3) is 0 Å². The summed E-state index contributed by atoms with van der Waals surface area (Å²) >= 11 is 3.42. The molecule has 226 valence electrons. The van der Waals surface area contributed by atoms with Crippen molar-refractivity contribution in [1.29, 1.82) is 0 Å². The van der Waals surface area contributed by atoms with Gasteiger partial charge >= 0.3 is 12.0 Å². The maximum absolute atomic E-state index is 12.4. The number of ether oxygens (including phenoxy) is 4. The van der Waals surface area contributed by atoms with Crippen molar-refractivity contribution >= 4 is 34.1 Å². The largest absolute Gasteiger partial charge is 0.490 e. The highest BCUT2D eigenvalue weighted by Crippen LogP contribution is 2.35. The number of amides is 2. The quantitative estimate of drug-likeness (QED) is 0.0913. The number of benzene rings is 3. The van der Waals surface area contributed by atoms with E-state index in [2.05, 4.69) is 37.1 Å². The van der Waals surface area contributed by atoms with Gasteiger partial charge in [0.15, 0.2) is 17.7 Å². The zero-order valence-corrected chi connectivity index (χ0v) is 25.5. The summed E-state index contributed by atoms with van der Waals surface area (Å²) in [6, 6.07) is 19.2. The molecule has 0 bridgehead atoms. The van der Waals surface area contributed by atoms with Crippen molar-refractivity contribution < 1.29 is 33.6 Å². The molecule has 0 spiro atoms. The van der Waals surface area contributed by atoms with Crippen LogP contribution in [-0.2, 0) is 16.1 Å². The van der Waals surface area contributed by atoms with Gasteiger partial charge in [-0.25, -0.2) is 9.59 Å². The van der Waals surface area contributed by atoms with Gasteiger partial charge in [-0.1, -0.05) is 46.3 Å². The average Bonchev–Trinajstić information content (AvgIpc) is 3.00. The Labute approximate surface area is 258 Å². The monoisotopic (exact) mass is 652 g/mol. The molecular formula is C31H33BrN4O7. The molecule has 0 unspecified atom stereocenters. The van der Waals surface area contributed by atoms with E-state index in [-0.39, 0.29) is 12.2 Å². The second kappa shape index (κ2) is 15.1. The van der Waals surface area contributed by atoms with Gasteiger partial charge in [-0.05, 0) is 66.9 Å². The normalized spacial score (nSPS) is 15.4. The van der Waals surface area contributed by atoms with Gasteiger partial charge in [-0.15, -0.1) is 0 Å². The number of nitrogens with zero attached hydrogens (tertiary/aromatic N) is 1. The Morgan fingerprint density at radius 2 is 1.88 bits per heavy atom. The van der Waals surface area contributed by atoms with Crippen molar-refractivity contribution in [1.82, 2.24) is 16.1 Å². The van der Waals surface area contributed by atoms with E-state index in [0.717, 1.165) is 15.6 Å². The van der Waals surface area contributed by atoms with Crippen LogP contribution in [0.1, 0.15) is 36.6 Å². The van der Waals surface area contributed by atoms with Crippen LogP contribution >= 0.6 is 15.9 Å². The first kappa shape index (κ1) is 31.4. The summed E-state index contributed by atoms with van der Waals surface area (Å²) in [5.74, 6) is 0.871. The van der Waals surface area contributed by atoms with Crippen molar-refractivity contribution in [3.8, 4) is 17.2 Å². The zero-order chi connectivity index (χ0) is 30.8. The van der Waals surface area contributed by atoms with Crippen LogP contribution in [0.4, 0.5) is 4.79 Å². The highest BCUT2D eigenvalue weighted by Gasteiger charge is 2.32. The molecule has 2 amide bonds. The molecule has 0 radical (unpaired) electrons. The van der Waals surface area contributed by atoms with Gasteiger partial charge < -0.3 is 34.7 Å². The van der Waals surface area contributed by atoms with Gasteiger partial charge in [-0.3, -0.25) is 5.43 Å². The molecule has 12 heteroatoms. The lowest BCUT2D eigenvalue weighted by Crippen LogP contribution is -2.45. The van der Waals surface area contributed by atoms with Crippen molar-refractivity contribution in [2.24, 2.45) is 5.10 Å². The molecular weight excluding hydrogens is 620 g/mol. The van der Waals surface area contributed by atoms with Crippen molar-refractivity contribution in [2.75, 3.05) is 20.3 Å². The molecule has 0 aromatic heterocycles. The molecule has 4 N–H and O–H groups in total. The second-order valence-electron chi connectivity index (χ2n) is 9.40. The Morgan fingerprint density at radius 1 is 1.09 bits per heavy atom. The fourth-order valence-electron chi connectivity index (χ4n) is 4.25. The molecule has 1 aliphatic heterocycles. The SMILES string of the molecule is CCOc1cc([C@H]2NC(=O)NC(C)=C2C(=O)OC)ccc1OC[C@H](O)N/N=C/c1cccc(OCc2ccc(Br)cc2)c1. The topological polar surface area (TPSA) is 140 Å². The number of allylic oxidation sites excluding steroid dienone is 1. The number of hydrazone groups is 1. The standard InChI is InChI=1S/C31H33BrN4O7/c1-4-41-26-15-22(29-28(30(38)40-3)19(2)34-31(39)35-29)10-13-25(26)43-18-27(37)36-33-16-21-6-5-7-24(14-21)42-17-20-8-11-23(32)12-9-20/h5-16,27,29,36-37H,4,17-18H2,1-3H3,(H2,34,35,39)/b33-16+/t27-,29+/m0/s1. The van der Waals surface area contributed by atoms with Crippen LogP contribution in [0.2, 0.25) is 0 Å². The Morgan fingerprint density at radius 3 is 2.63 bits per heavy atom. The summed E-state index contributed by atoms with van der Waals surface area (Å²) in [5.41, 5.74) is 5.73. The van der Waals surface area contributed by atoms with Crippen LogP contribution in [-0.4, -0.2) is 49.9 Å². The minimum atomic E-state index is -1.12. The number of carbonyl (C=O) groups excluding carboxylic acids is 2. The molecule has 43 heavy (non-hydrogen) atoms.